The van der Waals surface area contributed by atoms with Crippen LogP contribution in [-0.4, -0.2) is 27.2 Å². The lowest BCUT2D eigenvalue weighted by Gasteiger charge is -2.15. The van der Waals surface area contributed by atoms with Crippen molar-refractivity contribution in [2.45, 2.75) is 0 Å². The van der Waals surface area contributed by atoms with Crippen molar-refractivity contribution in [3.05, 3.63) is 44.9 Å². The van der Waals surface area contributed by atoms with Crippen LogP contribution in [0.3, 0.4) is 0 Å². The van der Waals surface area contributed by atoms with Gasteiger partial charge in [0.15, 0.2) is 11.5 Å². The highest BCUT2D eigenvalue weighted by Crippen LogP contribution is 2.38. The molecule has 0 spiro atoms. The minimum atomic E-state index is -0.457. The molecule has 0 aromatic heterocycles. The summed E-state index contributed by atoms with van der Waals surface area (Å²) in [6.07, 6.45) is 0. The zero-order valence-electron chi connectivity index (χ0n) is 13.6. The van der Waals surface area contributed by atoms with Crippen molar-refractivity contribution >= 4 is 46.4 Å². The van der Waals surface area contributed by atoms with Crippen LogP contribution in [0.1, 0.15) is 10.4 Å². The van der Waals surface area contributed by atoms with Crippen molar-refractivity contribution in [3.63, 3.8) is 0 Å². The van der Waals surface area contributed by atoms with E-state index in [-0.39, 0.29) is 15.6 Å². The van der Waals surface area contributed by atoms with Crippen molar-refractivity contribution in [1.82, 2.24) is 5.43 Å². The van der Waals surface area contributed by atoms with Crippen molar-refractivity contribution in [2.75, 3.05) is 26.8 Å². The summed E-state index contributed by atoms with van der Waals surface area (Å²) in [7, 11) is 4.40. The molecule has 0 aliphatic carbocycles. The Labute approximate surface area is 159 Å². The maximum Gasteiger partial charge on any atom is 0.269 e. The SMILES string of the molecule is COc1cc(C(=O)NNc2c(Cl)cc(Cl)cc2Cl)cc(OC)c1OC. The van der Waals surface area contributed by atoms with E-state index in [0.717, 1.165) is 0 Å². The standard InChI is InChI=1S/C16H15Cl3N2O4/c1-23-12-4-8(5-13(24-2)15(12)25-3)16(22)21-20-14-10(18)6-9(17)7-11(14)19/h4-7,20H,1-3H3,(H,21,22). The van der Waals surface area contributed by atoms with Crippen molar-refractivity contribution in [3.8, 4) is 17.2 Å². The number of anilines is 1. The van der Waals surface area contributed by atoms with Crippen LogP contribution in [0, 0.1) is 0 Å². The van der Waals surface area contributed by atoms with E-state index >= 15 is 0 Å². The lowest BCUT2D eigenvalue weighted by Crippen LogP contribution is -2.29. The molecule has 0 radical (unpaired) electrons. The first-order chi connectivity index (χ1) is 11.9. The van der Waals surface area contributed by atoms with Gasteiger partial charge in [0.25, 0.3) is 5.91 Å². The Balaban J connectivity index is 2.24. The average molecular weight is 406 g/mol. The fraction of sp³-hybridized carbons (Fsp3) is 0.188. The summed E-state index contributed by atoms with van der Waals surface area (Å²) in [5, 5.41) is 0.918. The predicted molar refractivity (Wildman–Crippen MR) is 98.7 cm³/mol. The molecule has 134 valence electrons. The van der Waals surface area contributed by atoms with E-state index in [4.69, 9.17) is 49.0 Å². The molecule has 2 aromatic carbocycles. The van der Waals surface area contributed by atoms with E-state index in [0.29, 0.717) is 28.0 Å². The molecule has 2 rings (SSSR count). The van der Waals surface area contributed by atoms with Crippen molar-refractivity contribution < 1.29 is 19.0 Å². The predicted octanol–water partition coefficient (Wildman–Crippen LogP) is 4.43. The fourth-order valence-corrected chi connectivity index (χ4v) is 2.98. The zero-order valence-corrected chi connectivity index (χ0v) is 15.8. The second kappa shape index (κ2) is 8.38. The second-order valence-corrected chi connectivity index (χ2v) is 5.99. The average Bonchev–Trinajstić information content (AvgIpc) is 2.59. The smallest absolute Gasteiger partial charge is 0.269 e. The molecule has 0 saturated heterocycles. The second-order valence-electron chi connectivity index (χ2n) is 4.74. The summed E-state index contributed by atoms with van der Waals surface area (Å²) < 4.78 is 15.7. The van der Waals surface area contributed by atoms with Crippen LogP contribution in [-0.2, 0) is 0 Å². The van der Waals surface area contributed by atoms with Crippen molar-refractivity contribution in [1.29, 1.82) is 0 Å². The molecule has 1 amide bonds. The van der Waals surface area contributed by atoms with Gasteiger partial charge in [0.2, 0.25) is 5.75 Å². The minimum Gasteiger partial charge on any atom is -0.493 e. The van der Waals surface area contributed by atoms with E-state index < -0.39 is 5.91 Å². The number of methoxy groups -OCH3 is 3. The molecule has 2 N–H and O–H groups in total. The Kier molecular flexibility index (Phi) is 6.47. The quantitative estimate of drug-likeness (QED) is 0.696. The Hall–Kier alpha value is -2.02. The van der Waals surface area contributed by atoms with Crippen LogP contribution >= 0.6 is 34.8 Å². The van der Waals surface area contributed by atoms with E-state index in [1.807, 2.05) is 0 Å². The molecule has 0 aliphatic rings. The van der Waals surface area contributed by atoms with E-state index in [1.54, 1.807) is 0 Å². The lowest BCUT2D eigenvalue weighted by atomic mass is 10.1. The molecule has 0 atom stereocenters. The molecule has 9 heteroatoms. The molecular weight excluding hydrogens is 391 g/mol. The third-order valence-corrected chi connectivity index (χ3v) is 4.05. The summed E-state index contributed by atoms with van der Waals surface area (Å²) in [6, 6.07) is 6.04. The number of hydrogen-bond donors (Lipinski definition) is 2. The number of amides is 1. The fourth-order valence-electron chi connectivity index (χ4n) is 2.07. The number of hydrazine groups is 1. The molecule has 0 bridgehead atoms. The molecule has 2 aromatic rings. The lowest BCUT2D eigenvalue weighted by molar-refractivity contribution is 0.0962. The summed E-state index contributed by atoms with van der Waals surface area (Å²) in [5.74, 6) is 0.642. The Morgan fingerprint density at radius 1 is 0.880 bits per heavy atom. The number of ether oxygens (including phenoxy) is 3. The molecule has 0 fully saturated rings. The molecule has 0 heterocycles. The molecule has 0 unspecified atom stereocenters. The number of nitrogens with one attached hydrogen (secondary N) is 2. The number of benzene rings is 2. The van der Waals surface area contributed by atoms with Gasteiger partial charge in [-0.15, -0.1) is 0 Å². The van der Waals surface area contributed by atoms with Gasteiger partial charge in [-0.1, -0.05) is 34.8 Å². The van der Waals surface area contributed by atoms with Gasteiger partial charge < -0.3 is 14.2 Å². The third-order valence-electron chi connectivity index (χ3n) is 3.23. The monoisotopic (exact) mass is 404 g/mol. The molecular formula is C16H15Cl3N2O4. The summed E-state index contributed by atoms with van der Waals surface area (Å²) in [4.78, 5) is 12.4. The Morgan fingerprint density at radius 3 is 1.84 bits per heavy atom. The van der Waals surface area contributed by atoms with Gasteiger partial charge in [0.1, 0.15) is 0 Å². The van der Waals surface area contributed by atoms with Gasteiger partial charge in [-0.25, -0.2) is 0 Å². The number of rotatable bonds is 6. The number of halogens is 3. The Bertz CT molecular complexity index is 751. The van der Waals surface area contributed by atoms with Gasteiger partial charge in [0, 0.05) is 10.6 Å². The highest BCUT2D eigenvalue weighted by molar-refractivity contribution is 6.41. The normalized spacial score (nSPS) is 10.2. The largest absolute Gasteiger partial charge is 0.493 e. The number of hydrogen-bond acceptors (Lipinski definition) is 5. The maximum atomic E-state index is 12.4. The maximum absolute atomic E-state index is 12.4. The van der Waals surface area contributed by atoms with Crippen LogP contribution in [0.25, 0.3) is 0 Å². The van der Waals surface area contributed by atoms with Gasteiger partial charge in [0.05, 0.1) is 37.1 Å². The van der Waals surface area contributed by atoms with E-state index in [1.165, 1.54) is 45.6 Å². The molecule has 0 aliphatic heterocycles. The summed E-state index contributed by atoms with van der Waals surface area (Å²) in [6.45, 7) is 0. The Morgan fingerprint density at radius 2 is 1.40 bits per heavy atom. The van der Waals surface area contributed by atoms with Crippen molar-refractivity contribution in [2.24, 2.45) is 0 Å². The van der Waals surface area contributed by atoms with Gasteiger partial charge in [-0.3, -0.25) is 15.6 Å². The van der Waals surface area contributed by atoms with Crippen LogP contribution in [0.15, 0.2) is 24.3 Å². The van der Waals surface area contributed by atoms with Crippen LogP contribution in [0.5, 0.6) is 17.2 Å². The summed E-state index contributed by atoms with van der Waals surface area (Å²) >= 11 is 18.0. The first kappa shape index (κ1) is 19.3. The molecule has 0 saturated carbocycles. The molecule has 25 heavy (non-hydrogen) atoms. The highest BCUT2D eigenvalue weighted by atomic mass is 35.5. The minimum absolute atomic E-state index is 0.266. The molecule has 6 nitrogen and oxygen atoms in total. The van der Waals surface area contributed by atoms with Gasteiger partial charge in [-0.05, 0) is 24.3 Å². The van der Waals surface area contributed by atoms with Crippen LogP contribution < -0.4 is 25.1 Å². The van der Waals surface area contributed by atoms with Crippen LogP contribution in [0.4, 0.5) is 5.69 Å². The number of carbonyl (C=O) groups excluding carboxylic acids is 1. The van der Waals surface area contributed by atoms with Crippen LogP contribution in [0.2, 0.25) is 15.1 Å². The van der Waals surface area contributed by atoms with Gasteiger partial charge in [-0.2, -0.15) is 0 Å². The summed E-state index contributed by atoms with van der Waals surface area (Å²) in [5.41, 5.74) is 5.79. The zero-order chi connectivity index (χ0) is 18.6. The highest BCUT2D eigenvalue weighted by Gasteiger charge is 2.17. The topological polar surface area (TPSA) is 68.8 Å². The first-order valence-corrected chi connectivity index (χ1v) is 8.05. The third kappa shape index (κ3) is 4.34. The van der Waals surface area contributed by atoms with Gasteiger partial charge >= 0.3 is 0 Å². The van der Waals surface area contributed by atoms with E-state index in [2.05, 4.69) is 10.9 Å². The number of carbonyl (C=O) groups is 1. The first-order valence-electron chi connectivity index (χ1n) is 6.92. The van der Waals surface area contributed by atoms with E-state index in [9.17, 15) is 4.79 Å².